The van der Waals surface area contributed by atoms with Crippen molar-refractivity contribution in [3.05, 3.63) is 64.0 Å². The maximum atomic E-state index is 12.9. The van der Waals surface area contributed by atoms with E-state index in [0.717, 1.165) is 4.90 Å². The second kappa shape index (κ2) is 7.36. The molecule has 0 saturated heterocycles. The van der Waals surface area contributed by atoms with E-state index in [1.807, 2.05) is 0 Å². The molecule has 4 N–H and O–H groups in total. The largest absolute Gasteiger partial charge is 0.369 e. The van der Waals surface area contributed by atoms with E-state index in [4.69, 9.17) is 11.5 Å². The molecular formula is C14H12FN5O2S. The third kappa shape index (κ3) is 4.78. The van der Waals surface area contributed by atoms with Gasteiger partial charge in [-0.25, -0.2) is 4.39 Å². The van der Waals surface area contributed by atoms with Gasteiger partial charge in [-0.3, -0.25) is 10.1 Å². The van der Waals surface area contributed by atoms with E-state index in [-0.39, 0.29) is 17.5 Å². The summed E-state index contributed by atoms with van der Waals surface area (Å²) in [4.78, 5) is 11.8. The first-order chi connectivity index (χ1) is 11.0. The average molecular weight is 333 g/mol. The minimum absolute atomic E-state index is 0.0837. The molecule has 2 rings (SSSR count). The fourth-order valence-corrected chi connectivity index (χ4v) is 2.52. The summed E-state index contributed by atoms with van der Waals surface area (Å²) in [6.45, 7) is 0. The van der Waals surface area contributed by atoms with E-state index >= 15 is 0 Å². The molecule has 0 atom stereocenters. The van der Waals surface area contributed by atoms with Crippen molar-refractivity contribution < 1.29 is 9.31 Å². The molecule has 2 aromatic rings. The highest BCUT2D eigenvalue weighted by molar-refractivity contribution is 7.99. The molecule has 9 heteroatoms. The third-order valence-electron chi connectivity index (χ3n) is 2.62. The van der Waals surface area contributed by atoms with Gasteiger partial charge in [-0.05, 0) is 30.3 Å². The second-order valence-corrected chi connectivity index (χ2v) is 5.42. The zero-order valence-electron chi connectivity index (χ0n) is 11.7. The summed E-state index contributed by atoms with van der Waals surface area (Å²) in [7, 11) is 0. The van der Waals surface area contributed by atoms with Crippen LogP contribution in [0.3, 0.4) is 0 Å². The summed E-state index contributed by atoms with van der Waals surface area (Å²) >= 11 is 1.31. The Labute approximate surface area is 135 Å². The van der Waals surface area contributed by atoms with Crippen molar-refractivity contribution in [2.75, 3.05) is 0 Å². The molecule has 0 aliphatic heterocycles. The van der Waals surface area contributed by atoms with Crippen LogP contribution in [0.5, 0.6) is 0 Å². The maximum Gasteiger partial charge on any atom is 0.270 e. The van der Waals surface area contributed by atoms with Crippen molar-refractivity contribution in [3.63, 3.8) is 0 Å². The predicted octanol–water partition coefficient (Wildman–Crippen LogP) is 2.49. The van der Waals surface area contributed by atoms with Gasteiger partial charge in [-0.1, -0.05) is 11.8 Å². The van der Waals surface area contributed by atoms with E-state index in [9.17, 15) is 14.5 Å². The zero-order chi connectivity index (χ0) is 16.8. The molecule has 0 aromatic heterocycles. The highest BCUT2D eigenvalue weighted by atomic mass is 32.2. The number of benzene rings is 2. The number of hydrogen-bond donors (Lipinski definition) is 2. The summed E-state index contributed by atoms with van der Waals surface area (Å²) < 4.78 is 12.9. The normalized spacial score (nSPS) is 10.7. The van der Waals surface area contributed by atoms with Gasteiger partial charge in [0.1, 0.15) is 5.82 Å². The van der Waals surface area contributed by atoms with Crippen molar-refractivity contribution in [2.45, 2.75) is 9.79 Å². The highest BCUT2D eigenvalue weighted by Crippen LogP contribution is 2.32. The standard InChI is InChI=1S/C14H12FN5O2S/c15-10-1-4-12(5-2-10)23-13-6-3-11(20(21)22)7-9(13)8-18-19-14(16)17/h1-8H,(H4,16,17,19). The van der Waals surface area contributed by atoms with Crippen LogP contribution in [-0.4, -0.2) is 17.1 Å². The Morgan fingerprint density at radius 3 is 2.52 bits per heavy atom. The van der Waals surface area contributed by atoms with Gasteiger partial charge < -0.3 is 11.5 Å². The summed E-state index contributed by atoms with van der Waals surface area (Å²) in [5.74, 6) is -0.563. The Hall–Kier alpha value is -2.94. The fourth-order valence-electron chi connectivity index (χ4n) is 1.63. The number of nitro benzene ring substituents is 1. The van der Waals surface area contributed by atoms with Gasteiger partial charge in [0, 0.05) is 27.5 Å². The first-order valence-corrected chi connectivity index (χ1v) is 7.11. The lowest BCUT2D eigenvalue weighted by Gasteiger charge is -2.05. The second-order valence-electron chi connectivity index (χ2n) is 4.30. The molecule has 23 heavy (non-hydrogen) atoms. The highest BCUT2D eigenvalue weighted by Gasteiger charge is 2.11. The molecule has 0 fully saturated rings. The minimum Gasteiger partial charge on any atom is -0.369 e. The number of rotatable bonds is 5. The topological polar surface area (TPSA) is 120 Å². The fraction of sp³-hybridized carbons (Fsp3) is 0. The van der Waals surface area contributed by atoms with Gasteiger partial charge in [-0.15, -0.1) is 5.10 Å². The predicted molar refractivity (Wildman–Crippen MR) is 87.0 cm³/mol. The number of nitrogens with zero attached hydrogens (tertiary/aromatic N) is 3. The molecule has 0 unspecified atom stereocenters. The third-order valence-corrected chi connectivity index (χ3v) is 3.72. The molecule has 7 nitrogen and oxygen atoms in total. The van der Waals surface area contributed by atoms with E-state index in [1.54, 1.807) is 18.2 Å². The zero-order valence-corrected chi connectivity index (χ0v) is 12.5. The lowest BCUT2D eigenvalue weighted by Crippen LogP contribution is -2.21. The molecule has 2 aromatic carbocycles. The number of hydrogen-bond acceptors (Lipinski definition) is 5. The lowest BCUT2D eigenvalue weighted by atomic mass is 10.2. The number of nitro groups is 1. The van der Waals surface area contributed by atoms with Gasteiger partial charge in [0.2, 0.25) is 5.96 Å². The molecular weight excluding hydrogens is 321 g/mol. The Balaban J connectivity index is 2.36. The summed E-state index contributed by atoms with van der Waals surface area (Å²) in [6.07, 6.45) is 1.32. The Morgan fingerprint density at radius 1 is 1.22 bits per heavy atom. The van der Waals surface area contributed by atoms with Gasteiger partial charge >= 0.3 is 0 Å². The van der Waals surface area contributed by atoms with Crippen LogP contribution in [0.25, 0.3) is 0 Å². The number of nitrogens with two attached hydrogens (primary N) is 2. The van der Waals surface area contributed by atoms with Gasteiger partial charge in [0.05, 0.1) is 11.1 Å². The molecule has 0 aliphatic carbocycles. The lowest BCUT2D eigenvalue weighted by molar-refractivity contribution is -0.384. The van der Waals surface area contributed by atoms with Crippen LogP contribution in [0.1, 0.15) is 5.56 Å². The van der Waals surface area contributed by atoms with Crippen molar-refractivity contribution in [2.24, 2.45) is 21.7 Å². The van der Waals surface area contributed by atoms with E-state index < -0.39 is 4.92 Å². The van der Waals surface area contributed by atoms with Crippen LogP contribution in [-0.2, 0) is 0 Å². The molecule has 0 bridgehead atoms. The van der Waals surface area contributed by atoms with Crippen molar-refractivity contribution in [3.8, 4) is 0 Å². The van der Waals surface area contributed by atoms with Crippen molar-refractivity contribution in [1.82, 2.24) is 0 Å². The Bertz CT molecular complexity index is 773. The SMILES string of the molecule is NC(N)=NN=Cc1cc([N+](=O)[O-])ccc1Sc1ccc(F)cc1. The van der Waals surface area contributed by atoms with Crippen molar-refractivity contribution in [1.29, 1.82) is 0 Å². The summed E-state index contributed by atoms with van der Waals surface area (Å²) in [6, 6.07) is 10.2. The quantitative estimate of drug-likeness (QED) is 0.377. The van der Waals surface area contributed by atoms with Gasteiger partial charge in [-0.2, -0.15) is 5.10 Å². The van der Waals surface area contributed by atoms with E-state index in [0.29, 0.717) is 10.5 Å². The molecule has 0 amide bonds. The molecule has 0 radical (unpaired) electrons. The van der Waals surface area contributed by atoms with Crippen LogP contribution in [0.4, 0.5) is 10.1 Å². The summed E-state index contributed by atoms with van der Waals surface area (Å²) in [5.41, 5.74) is 10.7. The Kier molecular flexibility index (Phi) is 5.26. The first kappa shape index (κ1) is 16.4. The molecule has 0 saturated carbocycles. The van der Waals surface area contributed by atoms with Gasteiger partial charge in [0.25, 0.3) is 5.69 Å². The summed E-state index contributed by atoms with van der Waals surface area (Å²) in [5, 5.41) is 18.0. The van der Waals surface area contributed by atoms with Crippen molar-refractivity contribution >= 4 is 29.6 Å². The Morgan fingerprint density at radius 2 is 1.91 bits per heavy atom. The number of non-ortho nitro benzene ring substituents is 1. The molecule has 0 aliphatic rings. The van der Waals surface area contributed by atoms with E-state index in [2.05, 4.69) is 10.2 Å². The maximum absolute atomic E-state index is 12.9. The van der Waals surface area contributed by atoms with Crippen LogP contribution in [0.15, 0.2) is 62.5 Å². The number of guanidine groups is 1. The van der Waals surface area contributed by atoms with Crippen LogP contribution in [0.2, 0.25) is 0 Å². The molecule has 0 heterocycles. The minimum atomic E-state index is -0.510. The first-order valence-electron chi connectivity index (χ1n) is 6.29. The van der Waals surface area contributed by atoms with Crippen LogP contribution < -0.4 is 11.5 Å². The van der Waals surface area contributed by atoms with E-state index in [1.165, 1.54) is 42.2 Å². The monoisotopic (exact) mass is 333 g/mol. The molecule has 0 spiro atoms. The van der Waals surface area contributed by atoms with Crippen LogP contribution in [0, 0.1) is 15.9 Å². The van der Waals surface area contributed by atoms with Gasteiger partial charge in [0.15, 0.2) is 0 Å². The molecule has 118 valence electrons. The number of halogens is 1. The average Bonchev–Trinajstić information content (AvgIpc) is 2.50. The smallest absolute Gasteiger partial charge is 0.270 e. The van der Waals surface area contributed by atoms with Crippen LogP contribution >= 0.6 is 11.8 Å².